The zero-order valence-electron chi connectivity index (χ0n) is 17.4. The van der Waals surface area contributed by atoms with Gasteiger partial charge in [-0.25, -0.2) is 0 Å². The van der Waals surface area contributed by atoms with E-state index in [2.05, 4.69) is 25.8 Å². The molecule has 0 radical (unpaired) electrons. The van der Waals surface area contributed by atoms with E-state index in [1.165, 1.54) is 6.07 Å². The van der Waals surface area contributed by atoms with E-state index in [1.54, 1.807) is 55.6 Å². The molecule has 0 aliphatic rings. The van der Waals surface area contributed by atoms with Crippen LogP contribution in [0.4, 0.5) is 28.4 Å². The van der Waals surface area contributed by atoms with Crippen LogP contribution in [0.2, 0.25) is 0 Å². The molecule has 0 aliphatic heterocycles. The van der Waals surface area contributed by atoms with Crippen molar-refractivity contribution in [3.8, 4) is 5.75 Å². The Morgan fingerprint density at radius 3 is 1.79 bits per heavy atom. The zero-order valence-corrected chi connectivity index (χ0v) is 20.2. The summed E-state index contributed by atoms with van der Waals surface area (Å²) in [5.74, 6) is -0.305. The molecular weight excluding hydrogens is 522 g/mol. The summed E-state index contributed by atoms with van der Waals surface area (Å²) in [5.41, 5.74) is 2.03. The van der Waals surface area contributed by atoms with Gasteiger partial charge < -0.3 is 18.8 Å². The van der Waals surface area contributed by atoms with Gasteiger partial charge in [-0.05, 0) is 52.0 Å². The Morgan fingerprint density at radius 1 is 0.727 bits per heavy atom. The number of phenols is 1. The summed E-state index contributed by atoms with van der Waals surface area (Å²) < 4.78 is 24.0. The Balaban J connectivity index is 0.00000306. The summed E-state index contributed by atoms with van der Waals surface area (Å²) in [6, 6.07) is 22.8. The Kier molecular flexibility index (Phi) is 8.03. The van der Waals surface area contributed by atoms with Gasteiger partial charge in [-0.1, -0.05) is 42.5 Å². The van der Waals surface area contributed by atoms with Crippen LogP contribution in [0.15, 0.2) is 104 Å². The fourth-order valence-corrected chi connectivity index (χ4v) is 3.65. The number of hydrogen-bond donors (Lipinski definition) is 2. The maximum Gasteiger partial charge on any atom is 0.149 e. The largest absolute Gasteiger partial charge is 0.505 e. The molecule has 0 fully saturated rings. The van der Waals surface area contributed by atoms with E-state index in [0.29, 0.717) is 33.5 Å². The minimum absolute atomic E-state index is 0. The first kappa shape index (κ1) is 24.2. The monoisotopic (exact) mass is 542 g/mol. The van der Waals surface area contributed by atoms with Crippen molar-refractivity contribution in [2.75, 3.05) is 12.4 Å². The van der Waals surface area contributed by atoms with Crippen LogP contribution in [0.5, 0.6) is 5.75 Å². The number of azo groups is 2. The van der Waals surface area contributed by atoms with Crippen LogP contribution in [0.25, 0.3) is 10.8 Å². The molecule has 0 saturated heterocycles. The van der Waals surface area contributed by atoms with Crippen molar-refractivity contribution in [3.63, 3.8) is 0 Å². The van der Waals surface area contributed by atoms with Gasteiger partial charge in [0.05, 0.1) is 17.1 Å². The second-order valence-electron chi connectivity index (χ2n) is 6.68. The van der Waals surface area contributed by atoms with Gasteiger partial charge >= 0.3 is 0 Å². The molecule has 0 atom stereocenters. The predicted octanol–water partition coefficient (Wildman–Crippen LogP) is 7.08. The molecule has 0 spiro atoms. The maximum atomic E-state index is 12.0. The number of hydrogen-bond acceptors (Lipinski definition) is 9. The van der Waals surface area contributed by atoms with Crippen molar-refractivity contribution in [2.45, 2.75) is 4.90 Å². The van der Waals surface area contributed by atoms with Crippen LogP contribution in [0, 0.1) is 0 Å². The normalized spacial score (nSPS) is 11.3. The van der Waals surface area contributed by atoms with Gasteiger partial charge in [-0.3, -0.25) is 0 Å². The third-order valence-electron chi connectivity index (χ3n) is 4.70. The van der Waals surface area contributed by atoms with Gasteiger partial charge in [0.2, 0.25) is 0 Å². The summed E-state index contributed by atoms with van der Waals surface area (Å²) in [6.45, 7) is 0. The van der Waals surface area contributed by atoms with Crippen LogP contribution in [0.3, 0.4) is 0 Å². The molecule has 0 amide bonds. The van der Waals surface area contributed by atoms with Gasteiger partial charge in [0.25, 0.3) is 0 Å². The standard InChI is InChI=1S/C23H18N5O3S.Mo/c1-24-19-13-12-17-18(21(19)27-25-15-8-4-2-5-9-15)14-20(32(30)31)22(23(17)29)28-26-16-10-6-3-7-11-16;/h2-14,24,29H,1H3;/q-1;. The molecule has 4 rings (SSSR count). The summed E-state index contributed by atoms with van der Waals surface area (Å²) >= 11 is 0. The molecule has 0 saturated carbocycles. The van der Waals surface area contributed by atoms with Gasteiger partial charge in [-0.15, -0.1) is 10.2 Å². The third-order valence-corrected chi connectivity index (χ3v) is 5.37. The quantitative estimate of drug-likeness (QED) is 0.154. The fourth-order valence-electron chi connectivity index (χ4n) is 3.14. The number of phenolic OH excluding ortho intramolecular Hbond substituents is 1. The average Bonchev–Trinajstić information content (AvgIpc) is 2.82. The van der Waals surface area contributed by atoms with E-state index in [1.807, 2.05) is 24.3 Å². The van der Waals surface area contributed by atoms with E-state index >= 15 is 0 Å². The van der Waals surface area contributed by atoms with Crippen molar-refractivity contribution in [1.29, 1.82) is 0 Å². The topological polar surface area (TPSA) is 116 Å². The molecule has 0 heterocycles. The summed E-state index contributed by atoms with van der Waals surface area (Å²) in [7, 11) is -0.958. The van der Waals surface area contributed by atoms with Crippen LogP contribution < -0.4 is 5.32 Å². The van der Waals surface area contributed by atoms with Crippen LogP contribution in [0.1, 0.15) is 0 Å². The fraction of sp³-hybridized carbons (Fsp3) is 0.0435. The first-order valence-corrected chi connectivity index (χ1v) is 10.7. The zero-order chi connectivity index (χ0) is 22.5. The van der Waals surface area contributed by atoms with Gasteiger partial charge in [0, 0.05) is 38.9 Å². The molecule has 4 aromatic carbocycles. The number of rotatable bonds is 6. The number of fused-ring (bicyclic) bond motifs is 1. The Hall–Kier alpha value is -3.42. The predicted molar refractivity (Wildman–Crippen MR) is 123 cm³/mol. The number of nitrogens with zero attached hydrogens (tertiary/aromatic N) is 4. The van der Waals surface area contributed by atoms with Gasteiger partial charge in [0.15, 0.2) is 0 Å². The Bertz CT molecular complexity index is 1400. The summed E-state index contributed by atoms with van der Waals surface area (Å²) in [5, 5.41) is 31.4. The molecule has 2 N–H and O–H groups in total. The van der Waals surface area contributed by atoms with Crippen LogP contribution in [-0.2, 0) is 40.2 Å². The molecule has 0 bridgehead atoms. The summed E-state index contributed by atoms with van der Waals surface area (Å²) in [6.07, 6.45) is 0. The number of aromatic hydroxyl groups is 1. The number of nitrogens with one attached hydrogen (secondary N) is 1. The molecule has 33 heavy (non-hydrogen) atoms. The summed E-state index contributed by atoms with van der Waals surface area (Å²) in [4.78, 5) is -0.195. The maximum absolute atomic E-state index is 12.0. The Labute approximate surface area is 206 Å². The van der Waals surface area contributed by atoms with Crippen LogP contribution >= 0.6 is 0 Å². The molecule has 10 heteroatoms. The molecule has 0 aromatic heterocycles. The first-order chi connectivity index (χ1) is 15.6. The third kappa shape index (κ3) is 5.32. The second-order valence-corrected chi connectivity index (χ2v) is 7.59. The SMILES string of the molecule is CNc1ccc2c(O)c(N=Nc3ccccc3)c([S-](=O)=O)cc2c1N=Nc1ccccc1.[Mo]. The van der Waals surface area contributed by atoms with E-state index in [-0.39, 0.29) is 37.4 Å². The molecular formula is C23H18MoN5O3S-. The van der Waals surface area contributed by atoms with Crippen molar-refractivity contribution in [3.05, 3.63) is 78.9 Å². The van der Waals surface area contributed by atoms with E-state index in [4.69, 9.17) is 0 Å². The van der Waals surface area contributed by atoms with E-state index in [0.717, 1.165) is 0 Å². The minimum atomic E-state index is -2.68. The van der Waals surface area contributed by atoms with Crippen LogP contribution in [-0.4, -0.2) is 12.2 Å². The molecule has 8 nitrogen and oxygen atoms in total. The number of benzene rings is 4. The van der Waals surface area contributed by atoms with Crippen molar-refractivity contribution in [1.82, 2.24) is 0 Å². The van der Waals surface area contributed by atoms with Crippen molar-refractivity contribution < 1.29 is 34.6 Å². The first-order valence-electron chi connectivity index (χ1n) is 9.61. The smallest absolute Gasteiger partial charge is 0.149 e. The average molecular weight is 540 g/mol. The van der Waals surface area contributed by atoms with E-state index in [9.17, 15) is 13.5 Å². The van der Waals surface area contributed by atoms with Gasteiger partial charge in [-0.2, -0.15) is 10.2 Å². The number of anilines is 1. The minimum Gasteiger partial charge on any atom is -0.505 e. The molecule has 166 valence electrons. The molecule has 4 aromatic rings. The molecule has 0 unspecified atom stereocenters. The second kappa shape index (κ2) is 10.9. The van der Waals surface area contributed by atoms with E-state index < -0.39 is 10.7 Å². The Morgan fingerprint density at radius 2 is 1.27 bits per heavy atom. The van der Waals surface area contributed by atoms with Crippen molar-refractivity contribution in [2.24, 2.45) is 20.5 Å². The van der Waals surface area contributed by atoms with Crippen molar-refractivity contribution >= 4 is 49.9 Å². The molecule has 0 aliphatic carbocycles. The van der Waals surface area contributed by atoms with Gasteiger partial charge in [0.1, 0.15) is 17.1 Å².